The first-order valence-corrected chi connectivity index (χ1v) is 8.17. The van der Waals surface area contributed by atoms with Crippen LogP contribution >= 0.6 is 0 Å². The van der Waals surface area contributed by atoms with Gasteiger partial charge in [-0.2, -0.15) is 4.98 Å². The Labute approximate surface area is 140 Å². The summed E-state index contributed by atoms with van der Waals surface area (Å²) in [6, 6.07) is 6.37. The predicted molar refractivity (Wildman–Crippen MR) is 85.7 cm³/mol. The smallest absolute Gasteiger partial charge is 0.234 e. The van der Waals surface area contributed by atoms with Gasteiger partial charge in [0.05, 0.1) is 12.6 Å². The highest BCUT2D eigenvalue weighted by Crippen LogP contribution is 2.29. The molecule has 2 heterocycles. The van der Waals surface area contributed by atoms with E-state index in [4.69, 9.17) is 4.52 Å². The van der Waals surface area contributed by atoms with Crippen LogP contribution in [-0.4, -0.2) is 40.6 Å². The summed E-state index contributed by atoms with van der Waals surface area (Å²) in [5.41, 5.74) is 0.998. The van der Waals surface area contributed by atoms with Crippen LogP contribution in [0.5, 0.6) is 0 Å². The number of halogens is 1. The molecule has 0 aliphatic carbocycles. The first kappa shape index (κ1) is 16.6. The molecular weight excluding hydrogens is 311 g/mol. The summed E-state index contributed by atoms with van der Waals surface area (Å²) in [4.78, 5) is 18.5. The van der Waals surface area contributed by atoms with E-state index in [1.807, 2.05) is 0 Å². The van der Waals surface area contributed by atoms with Gasteiger partial charge in [0, 0.05) is 13.5 Å². The minimum atomic E-state index is -0.250. The molecule has 0 radical (unpaired) electrons. The molecule has 1 aliphatic heterocycles. The number of carbonyl (C=O) groups excluding carboxylic acids is 1. The lowest BCUT2D eigenvalue weighted by Crippen LogP contribution is -2.38. The second-order valence-electron chi connectivity index (χ2n) is 6.03. The maximum atomic E-state index is 12.9. The number of amides is 1. The average molecular weight is 332 g/mol. The van der Waals surface area contributed by atoms with Gasteiger partial charge in [-0.05, 0) is 43.5 Å². The molecule has 7 heteroatoms. The number of likely N-dealkylation sites (tertiary alicyclic amines) is 1. The van der Waals surface area contributed by atoms with E-state index >= 15 is 0 Å². The fraction of sp³-hybridized carbons (Fsp3) is 0.471. The molecule has 1 saturated heterocycles. The molecule has 128 valence electrons. The minimum Gasteiger partial charge on any atom is -0.355 e. The van der Waals surface area contributed by atoms with Gasteiger partial charge in [0.25, 0.3) is 0 Å². The Morgan fingerprint density at radius 1 is 1.42 bits per heavy atom. The van der Waals surface area contributed by atoms with Gasteiger partial charge < -0.3 is 9.84 Å². The van der Waals surface area contributed by atoms with Crippen LogP contribution in [0.3, 0.4) is 0 Å². The molecule has 1 amide bonds. The quantitative estimate of drug-likeness (QED) is 0.876. The van der Waals surface area contributed by atoms with E-state index in [2.05, 4.69) is 20.4 Å². The van der Waals surface area contributed by atoms with Gasteiger partial charge in [0.1, 0.15) is 5.82 Å². The summed E-state index contributed by atoms with van der Waals surface area (Å²) in [6.07, 6.45) is 2.63. The number of nitrogens with one attached hydrogen (secondary N) is 1. The number of benzene rings is 1. The normalized spacial score (nSPS) is 18.0. The predicted octanol–water partition coefficient (Wildman–Crippen LogP) is 2.01. The zero-order valence-corrected chi connectivity index (χ0v) is 13.7. The first-order chi connectivity index (χ1) is 11.6. The molecule has 1 fully saturated rings. The summed E-state index contributed by atoms with van der Waals surface area (Å²) in [5.74, 6) is 0.925. The van der Waals surface area contributed by atoms with Crippen molar-refractivity contribution in [1.82, 2.24) is 20.4 Å². The molecule has 2 aromatic rings. The van der Waals surface area contributed by atoms with Crippen LogP contribution in [0, 0.1) is 12.7 Å². The van der Waals surface area contributed by atoms with Crippen molar-refractivity contribution >= 4 is 5.91 Å². The number of nitrogens with zero attached hydrogens (tertiary/aromatic N) is 3. The van der Waals surface area contributed by atoms with Gasteiger partial charge in [0.15, 0.2) is 5.82 Å². The summed E-state index contributed by atoms with van der Waals surface area (Å²) < 4.78 is 17.9. The van der Waals surface area contributed by atoms with Gasteiger partial charge in [-0.25, -0.2) is 4.39 Å². The van der Waals surface area contributed by atoms with E-state index in [9.17, 15) is 9.18 Å². The van der Waals surface area contributed by atoms with E-state index in [1.54, 1.807) is 19.1 Å². The molecule has 0 unspecified atom stereocenters. The van der Waals surface area contributed by atoms with Gasteiger partial charge in [-0.3, -0.25) is 9.69 Å². The Kier molecular flexibility index (Phi) is 5.20. The second-order valence-corrected chi connectivity index (χ2v) is 6.03. The minimum absolute atomic E-state index is 0.0239. The highest BCUT2D eigenvalue weighted by Gasteiger charge is 2.30. The van der Waals surface area contributed by atoms with Crippen LogP contribution in [0.25, 0.3) is 0 Å². The van der Waals surface area contributed by atoms with Crippen LogP contribution in [-0.2, 0) is 11.2 Å². The Morgan fingerprint density at radius 3 is 2.92 bits per heavy atom. The third kappa shape index (κ3) is 4.17. The monoisotopic (exact) mass is 332 g/mol. The largest absolute Gasteiger partial charge is 0.355 e. The summed E-state index contributed by atoms with van der Waals surface area (Å²) in [7, 11) is 0. The third-order valence-corrected chi connectivity index (χ3v) is 4.20. The Bertz CT molecular complexity index is 686. The molecule has 24 heavy (non-hydrogen) atoms. The maximum absolute atomic E-state index is 12.9. The highest BCUT2D eigenvalue weighted by atomic mass is 19.1. The van der Waals surface area contributed by atoms with Gasteiger partial charge in [0.2, 0.25) is 11.8 Å². The Morgan fingerprint density at radius 2 is 2.21 bits per heavy atom. The van der Waals surface area contributed by atoms with Crippen molar-refractivity contribution in [3.8, 4) is 0 Å². The van der Waals surface area contributed by atoms with E-state index < -0.39 is 0 Å². The summed E-state index contributed by atoms with van der Waals surface area (Å²) in [6.45, 7) is 3.47. The van der Waals surface area contributed by atoms with Crippen molar-refractivity contribution in [3.63, 3.8) is 0 Å². The molecule has 1 aromatic heterocycles. The highest BCUT2D eigenvalue weighted by molar-refractivity contribution is 5.78. The van der Waals surface area contributed by atoms with Crippen molar-refractivity contribution < 1.29 is 13.7 Å². The lowest BCUT2D eigenvalue weighted by molar-refractivity contribution is -0.122. The topological polar surface area (TPSA) is 71.3 Å². The van der Waals surface area contributed by atoms with Crippen LogP contribution in [0.4, 0.5) is 4.39 Å². The van der Waals surface area contributed by atoms with Crippen molar-refractivity contribution in [2.75, 3.05) is 19.6 Å². The van der Waals surface area contributed by atoms with Crippen LogP contribution in [0.15, 0.2) is 28.8 Å². The molecule has 1 aliphatic rings. The van der Waals surface area contributed by atoms with Crippen LogP contribution < -0.4 is 5.32 Å². The van der Waals surface area contributed by atoms with Crippen molar-refractivity contribution in [1.29, 1.82) is 0 Å². The zero-order valence-electron chi connectivity index (χ0n) is 13.7. The van der Waals surface area contributed by atoms with Gasteiger partial charge in [-0.1, -0.05) is 17.3 Å². The van der Waals surface area contributed by atoms with Crippen LogP contribution in [0.2, 0.25) is 0 Å². The number of aryl methyl sites for hydroxylation is 1. The van der Waals surface area contributed by atoms with E-state index in [1.165, 1.54) is 12.1 Å². The zero-order chi connectivity index (χ0) is 16.9. The Balaban J connectivity index is 1.46. The van der Waals surface area contributed by atoms with Crippen molar-refractivity contribution in [2.45, 2.75) is 32.2 Å². The summed E-state index contributed by atoms with van der Waals surface area (Å²) >= 11 is 0. The molecule has 3 rings (SSSR count). The third-order valence-electron chi connectivity index (χ3n) is 4.20. The molecule has 0 bridgehead atoms. The lowest BCUT2D eigenvalue weighted by Gasteiger charge is -2.21. The average Bonchev–Trinajstić information content (AvgIpc) is 3.18. The fourth-order valence-electron chi connectivity index (χ4n) is 3.00. The SMILES string of the molecule is Cc1nc([C@H]2CCCN2CC(=O)NCCc2ccc(F)cc2)no1. The van der Waals surface area contributed by atoms with Crippen LogP contribution in [0.1, 0.15) is 36.2 Å². The van der Waals surface area contributed by atoms with E-state index in [0.29, 0.717) is 31.2 Å². The molecule has 0 spiro atoms. The first-order valence-electron chi connectivity index (χ1n) is 8.17. The van der Waals surface area contributed by atoms with E-state index in [-0.39, 0.29) is 17.8 Å². The summed E-state index contributed by atoms with van der Waals surface area (Å²) in [5, 5.41) is 6.89. The number of aromatic nitrogens is 2. The maximum Gasteiger partial charge on any atom is 0.234 e. The number of hydrogen-bond acceptors (Lipinski definition) is 5. The van der Waals surface area contributed by atoms with E-state index in [0.717, 1.165) is 24.9 Å². The molecular formula is C17H21FN4O2. The number of carbonyl (C=O) groups is 1. The molecule has 1 aromatic carbocycles. The van der Waals surface area contributed by atoms with Gasteiger partial charge >= 0.3 is 0 Å². The van der Waals surface area contributed by atoms with Crippen molar-refractivity contribution in [3.05, 3.63) is 47.4 Å². The lowest BCUT2D eigenvalue weighted by atomic mass is 10.1. The number of rotatable bonds is 6. The molecule has 0 saturated carbocycles. The van der Waals surface area contributed by atoms with Gasteiger partial charge in [-0.15, -0.1) is 0 Å². The molecule has 6 nitrogen and oxygen atoms in total. The fourth-order valence-corrected chi connectivity index (χ4v) is 3.00. The molecule has 1 N–H and O–H groups in total. The second kappa shape index (κ2) is 7.53. The number of hydrogen-bond donors (Lipinski definition) is 1. The Hall–Kier alpha value is -2.28. The molecule has 1 atom stereocenters. The van der Waals surface area contributed by atoms with Crippen molar-refractivity contribution in [2.24, 2.45) is 0 Å². The standard InChI is InChI=1S/C17H21FN4O2/c1-12-20-17(21-24-12)15-3-2-10-22(15)11-16(23)19-9-8-13-4-6-14(18)7-5-13/h4-7,15H,2-3,8-11H2,1H3,(H,19,23)/t15-/m1/s1.